The van der Waals surface area contributed by atoms with Crippen LogP contribution in [-0.4, -0.2) is 62.8 Å². The maximum absolute atomic E-state index is 12.3. The molecule has 1 fully saturated rings. The summed E-state index contributed by atoms with van der Waals surface area (Å²) in [5.41, 5.74) is 0. The lowest BCUT2D eigenvalue weighted by atomic mass is 9.97. The first-order valence-electron chi connectivity index (χ1n) is 6.23. The number of ether oxygens (including phenoxy) is 1. The normalized spacial score (nSPS) is 26.7. The van der Waals surface area contributed by atoms with E-state index in [4.69, 9.17) is 16.3 Å². The second kappa shape index (κ2) is 7.05. The van der Waals surface area contributed by atoms with E-state index in [1.54, 1.807) is 14.2 Å². The smallest absolute Gasteiger partial charge is 0.281 e. The van der Waals surface area contributed by atoms with Gasteiger partial charge in [0.2, 0.25) is 0 Å². The molecular formula is C11H23ClN2O3S. The van der Waals surface area contributed by atoms with Gasteiger partial charge in [-0.1, -0.05) is 6.92 Å². The molecule has 0 aromatic carbocycles. The molecule has 1 heterocycles. The van der Waals surface area contributed by atoms with Crippen LogP contribution in [-0.2, 0) is 14.9 Å². The van der Waals surface area contributed by atoms with Crippen LogP contribution in [0.5, 0.6) is 0 Å². The second-order valence-corrected chi connectivity index (χ2v) is 7.18. The molecule has 0 radical (unpaired) electrons. The number of methoxy groups -OCH3 is 1. The number of rotatable bonds is 6. The van der Waals surface area contributed by atoms with Gasteiger partial charge in [0.25, 0.3) is 10.2 Å². The topological polar surface area (TPSA) is 49.9 Å². The highest BCUT2D eigenvalue weighted by Crippen LogP contribution is 2.22. The molecule has 1 aliphatic heterocycles. The first-order chi connectivity index (χ1) is 8.43. The second-order valence-electron chi connectivity index (χ2n) is 4.77. The van der Waals surface area contributed by atoms with Gasteiger partial charge in [-0.3, -0.25) is 0 Å². The Morgan fingerprint density at radius 3 is 2.72 bits per heavy atom. The molecule has 0 aliphatic carbocycles. The van der Waals surface area contributed by atoms with Crippen molar-refractivity contribution in [2.75, 3.05) is 39.7 Å². The maximum Gasteiger partial charge on any atom is 0.281 e. The Kier molecular flexibility index (Phi) is 6.34. The van der Waals surface area contributed by atoms with Gasteiger partial charge in [0.15, 0.2) is 0 Å². The zero-order valence-corrected chi connectivity index (χ0v) is 12.9. The summed E-state index contributed by atoms with van der Waals surface area (Å²) in [4.78, 5) is 0. The molecule has 0 amide bonds. The SMILES string of the molecule is COC1CN(S(=O)(=O)N(C)CCCCl)CCC1C. The van der Waals surface area contributed by atoms with Crippen molar-refractivity contribution in [1.29, 1.82) is 0 Å². The van der Waals surface area contributed by atoms with Crippen LogP contribution in [0.3, 0.4) is 0 Å². The molecule has 2 unspecified atom stereocenters. The van der Waals surface area contributed by atoms with Crippen LogP contribution in [0.2, 0.25) is 0 Å². The number of piperidine rings is 1. The van der Waals surface area contributed by atoms with Crippen LogP contribution in [0, 0.1) is 5.92 Å². The first kappa shape index (κ1) is 16.2. The van der Waals surface area contributed by atoms with Gasteiger partial charge in [0, 0.05) is 39.7 Å². The lowest BCUT2D eigenvalue weighted by Crippen LogP contribution is -2.51. The Hall–Kier alpha value is 0.120. The van der Waals surface area contributed by atoms with E-state index in [-0.39, 0.29) is 6.10 Å². The van der Waals surface area contributed by atoms with Crippen LogP contribution in [0.4, 0.5) is 0 Å². The molecule has 1 saturated heterocycles. The average Bonchev–Trinajstić information content (AvgIpc) is 2.36. The van der Waals surface area contributed by atoms with Gasteiger partial charge in [0.05, 0.1) is 6.10 Å². The van der Waals surface area contributed by atoms with E-state index < -0.39 is 10.2 Å². The van der Waals surface area contributed by atoms with Crippen molar-refractivity contribution in [1.82, 2.24) is 8.61 Å². The van der Waals surface area contributed by atoms with Crippen molar-refractivity contribution >= 4 is 21.8 Å². The molecule has 108 valence electrons. The predicted molar refractivity (Wildman–Crippen MR) is 73.0 cm³/mol. The Balaban J connectivity index is 2.67. The zero-order valence-electron chi connectivity index (χ0n) is 11.3. The summed E-state index contributed by atoms with van der Waals surface area (Å²) in [6.45, 7) is 3.55. The molecular weight excluding hydrogens is 276 g/mol. The standard InChI is InChI=1S/C11H23ClN2O3S/c1-10-5-8-14(9-11(10)17-3)18(15,16)13(2)7-4-6-12/h10-11H,4-9H2,1-3H3. The van der Waals surface area contributed by atoms with E-state index in [1.165, 1.54) is 8.61 Å². The third-order valence-corrected chi connectivity index (χ3v) is 5.70. The van der Waals surface area contributed by atoms with Gasteiger partial charge in [0.1, 0.15) is 0 Å². The van der Waals surface area contributed by atoms with Crippen LogP contribution < -0.4 is 0 Å². The maximum atomic E-state index is 12.3. The predicted octanol–water partition coefficient (Wildman–Crippen LogP) is 1.15. The highest BCUT2D eigenvalue weighted by atomic mass is 35.5. The van der Waals surface area contributed by atoms with E-state index in [0.29, 0.717) is 37.9 Å². The lowest BCUT2D eigenvalue weighted by Gasteiger charge is -2.37. The summed E-state index contributed by atoms with van der Waals surface area (Å²) >= 11 is 5.59. The lowest BCUT2D eigenvalue weighted by molar-refractivity contribution is 0.0171. The highest BCUT2D eigenvalue weighted by Gasteiger charge is 2.34. The highest BCUT2D eigenvalue weighted by molar-refractivity contribution is 7.86. The number of alkyl halides is 1. The van der Waals surface area contributed by atoms with Gasteiger partial charge in [-0.15, -0.1) is 11.6 Å². The summed E-state index contributed by atoms with van der Waals surface area (Å²) in [5.74, 6) is 0.868. The Morgan fingerprint density at radius 2 is 2.17 bits per heavy atom. The molecule has 0 aromatic rings. The van der Waals surface area contributed by atoms with Gasteiger partial charge in [-0.25, -0.2) is 0 Å². The van der Waals surface area contributed by atoms with Crippen molar-refractivity contribution < 1.29 is 13.2 Å². The molecule has 0 spiro atoms. The number of halogens is 1. The van der Waals surface area contributed by atoms with Crippen LogP contribution in [0.1, 0.15) is 19.8 Å². The third kappa shape index (κ3) is 3.81. The molecule has 0 bridgehead atoms. The number of hydrogen-bond acceptors (Lipinski definition) is 3. The minimum atomic E-state index is -3.37. The molecule has 18 heavy (non-hydrogen) atoms. The van der Waals surface area contributed by atoms with Crippen molar-refractivity contribution in [3.05, 3.63) is 0 Å². The van der Waals surface area contributed by atoms with Gasteiger partial charge < -0.3 is 4.74 Å². The minimum absolute atomic E-state index is 0.0186. The molecule has 5 nitrogen and oxygen atoms in total. The van der Waals surface area contributed by atoms with E-state index in [2.05, 4.69) is 6.92 Å². The van der Waals surface area contributed by atoms with E-state index >= 15 is 0 Å². The quantitative estimate of drug-likeness (QED) is 0.691. The van der Waals surface area contributed by atoms with Gasteiger partial charge >= 0.3 is 0 Å². The molecule has 1 aliphatic rings. The van der Waals surface area contributed by atoms with Crippen molar-refractivity contribution in [2.45, 2.75) is 25.9 Å². The van der Waals surface area contributed by atoms with Crippen molar-refractivity contribution in [3.8, 4) is 0 Å². The largest absolute Gasteiger partial charge is 0.380 e. The van der Waals surface area contributed by atoms with Crippen molar-refractivity contribution in [3.63, 3.8) is 0 Å². The number of nitrogens with zero attached hydrogens (tertiary/aromatic N) is 2. The fourth-order valence-electron chi connectivity index (χ4n) is 2.12. The Labute approximate surface area is 115 Å². The summed E-state index contributed by atoms with van der Waals surface area (Å²) in [6.07, 6.45) is 1.48. The van der Waals surface area contributed by atoms with E-state index in [1.807, 2.05) is 0 Å². The van der Waals surface area contributed by atoms with Crippen LogP contribution in [0.25, 0.3) is 0 Å². The molecule has 7 heteroatoms. The van der Waals surface area contributed by atoms with Crippen LogP contribution in [0.15, 0.2) is 0 Å². The molecule has 0 aromatic heterocycles. The summed E-state index contributed by atoms with van der Waals surface area (Å²) < 4.78 is 32.9. The zero-order chi connectivity index (χ0) is 13.8. The average molecular weight is 299 g/mol. The van der Waals surface area contributed by atoms with Gasteiger partial charge in [-0.2, -0.15) is 17.0 Å². The molecule has 0 saturated carbocycles. The van der Waals surface area contributed by atoms with E-state index in [0.717, 1.165) is 6.42 Å². The fraction of sp³-hybridized carbons (Fsp3) is 1.00. The first-order valence-corrected chi connectivity index (χ1v) is 8.16. The summed E-state index contributed by atoms with van der Waals surface area (Å²) in [5, 5.41) is 0. The third-order valence-electron chi connectivity index (χ3n) is 3.48. The minimum Gasteiger partial charge on any atom is -0.380 e. The number of hydrogen-bond donors (Lipinski definition) is 0. The summed E-state index contributed by atoms with van der Waals surface area (Å²) in [6, 6.07) is 0. The van der Waals surface area contributed by atoms with Crippen molar-refractivity contribution in [2.24, 2.45) is 5.92 Å². The van der Waals surface area contributed by atoms with Crippen LogP contribution >= 0.6 is 11.6 Å². The molecule has 0 N–H and O–H groups in total. The molecule has 1 rings (SSSR count). The molecule has 2 atom stereocenters. The monoisotopic (exact) mass is 298 g/mol. The Bertz CT molecular complexity index is 350. The Morgan fingerprint density at radius 1 is 1.50 bits per heavy atom. The fourth-order valence-corrected chi connectivity index (χ4v) is 3.66. The van der Waals surface area contributed by atoms with Gasteiger partial charge in [-0.05, 0) is 18.8 Å². The summed E-state index contributed by atoms with van der Waals surface area (Å²) in [7, 11) is -0.140. The van der Waals surface area contributed by atoms with E-state index in [9.17, 15) is 8.42 Å².